The molecule has 1 aromatic rings. The van der Waals surface area contributed by atoms with Gasteiger partial charge in [-0.2, -0.15) is 0 Å². The molecule has 1 aliphatic carbocycles. The van der Waals surface area contributed by atoms with E-state index in [1.807, 2.05) is 12.1 Å². The van der Waals surface area contributed by atoms with Crippen LogP contribution in [0.15, 0.2) is 24.3 Å². The van der Waals surface area contributed by atoms with Crippen molar-refractivity contribution in [2.24, 2.45) is 11.1 Å². The fourth-order valence-corrected chi connectivity index (χ4v) is 5.18. The molecule has 1 aromatic carbocycles. The molecule has 2 rings (SSSR count). The molecule has 106 valence electrons. The van der Waals surface area contributed by atoms with Crippen molar-refractivity contribution in [2.75, 3.05) is 26.5 Å². The highest BCUT2D eigenvalue weighted by Gasteiger charge is 2.69. The van der Waals surface area contributed by atoms with Crippen molar-refractivity contribution in [3.8, 4) is 0 Å². The summed E-state index contributed by atoms with van der Waals surface area (Å²) < 4.78 is 29.1. The Kier molecular flexibility index (Phi) is 3.93. The van der Waals surface area contributed by atoms with E-state index in [9.17, 15) is 8.42 Å². The molecule has 0 saturated heterocycles. The van der Waals surface area contributed by atoms with E-state index in [-0.39, 0.29) is 12.5 Å². The molecule has 4 nitrogen and oxygen atoms in total. The molecule has 0 bridgehead atoms. The summed E-state index contributed by atoms with van der Waals surface area (Å²) >= 11 is 5.86. The normalized spacial score (nSPS) is 30.3. The minimum absolute atomic E-state index is 0.121. The molecule has 3 atom stereocenters. The van der Waals surface area contributed by atoms with Crippen LogP contribution in [0.2, 0.25) is 5.02 Å². The topological polar surface area (TPSA) is 69.4 Å². The van der Waals surface area contributed by atoms with Crippen molar-refractivity contribution >= 4 is 21.4 Å². The lowest BCUT2D eigenvalue weighted by molar-refractivity contribution is 0.142. The van der Waals surface area contributed by atoms with Crippen LogP contribution in [-0.2, 0) is 14.6 Å². The summed E-state index contributed by atoms with van der Waals surface area (Å²) in [6.45, 7) is 0.625. The van der Waals surface area contributed by atoms with Crippen molar-refractivity contribution in [1.82, 2.24) is 0 Å². The lowest BCUT2D eigenvalue weighted by atomic mass is 10.0. The summed E-state index contributed by atoms with van der Waals surface area (Å²) in [5, 5.41) is 0.150. The van der Waals surface area contributed by atoms with Gasteiger partial charge >= 0.3 is 0 Å². The molecule has 0 aliphatic heterocycles. The average molecular weight is 304 g/mol. The number of halogens is 1. The quantitative estimate of drug-likeness (QED) is 0.893. The van der Waals surface area contributed by atoms with Crippen LogP contribution in [0, 0.1) is 5.41 Å². The minimum atomic E-state index is -3.17. The second-order valence-corrected chi connectivity index (χ2v) is 7.75. The molecule has 1 fully saturated rings. The number of benzene rings is 1. The third-order valence-electron chi connectivity index (χ3n) is 3.86. The minimum Gasteiger partial charge on any atom is -0.384 e. The molecule has 6 heteroatoms. The van der Waals surface area contributed by atoms with Crippen LogP contribution in [-0.4, -0.2) is 40.2 Å². The zero-order chi connectivity index (χ0) is 14.3. The first-order valence-corrected chi connectivity index (χ1v) is 8.33. The predicted octanol–water partition coefficient (Wildman–Crippen LogP) is 1.44. The summed E-state index contributed by atoms with van der Waals surface area (Å²) in [6.07, 6.45) is 1.26. The summed E-state index contributed by atoms with van der Waals surface area (Å²) in [5.74, 6) is -0.121. The lowest BCUT2D eigenvalue weighted by Gasteiger charge is -2.14. The number of rotatable bonds is 5. The Hall–Kier alpha value is -0.620. The highest BCUT2D eigenvalue weighted by molar-refractivity contribution is 7.91. The second kappa shape index (κ2) is 5.05. The van der Waals surface area contributed by atoms with E-state index in [4.69, 9.17) is 22.1 Å². The fourth-order valence-electron chi connectivity index (χ4n) is 3.05. The summed E-state index contributed by atoms with van der Waals surface area (Å²) in [5.41, 5.74) is 6.26. The molecule has 0 radical (unpaired) electrons. The van der Waals surface area contributed by atoms with Crippen LogP contribution in [0.3, 0.4) is 0 Å². The highest BCUT2D eigenvalue weighted by Crippen LogP contribution is 2.62. The Morgan fingerprint density at radius 2 is 1.95 bits per heavy atom. The van der Waals surface area contributed by atoms with Gasteiger partial charge in [0.25, 0.3) is 0 Å². The molecule has 0 aromatic heterocycles. The van der Waals surface area contributed by atoms with Gasteiger partial charge in [0.15, 0.2) is 9.84 Å². The Morgan fingerprint density at radius 1 is 1.37 bits per heavy atom. The molecule has 0 unspecified atom stereocenters. The molecule has 2 N–H and O–H groups in total. The van der Waals surface area contributed by atoms with Crippen molar-refractivity contribution in [2.45, 2.75) is 11.2 Å². The maximum absolute atomic E-state index is 12.0. The van der Waals surface area contributed by atoms with Gasteiger partial charge in [-0.3, -0.25) is 0 Å². The van der Waals surface area contributed by atoms with Gasteiger partial charge in [0.1, 0.15) is 0 Å². The van der Waals surface area contributed by atoms with Crippen LogP contribution in [0.1, 0.15) is 11.5 Å². The van der Waals surface area contributed by atoms with Crippen molar-refractivity contribution < 1.29 is 13.2 Å². The van der Waals surface area contributed by atoms with Gasteiger partial charge in [0, 0.05) is 36.3 Å². The first-order valence-electron chi connectivity index (χ1n) is 6.00. The number of methoxy groups -OCH3 is 1. The molecule has 0 heterocycles. The van der Waals surface area contributed by atoms with Crippen molar-refractivity contribution in [3.05, 3.63) is 34.9 Å². The molecular weight excluding hydrogens is 286 g/mol. The lowest BCUT2D eigenvalue weighted by Crippen LogP contribution is -2.28. The van der Waals surface area contributed by atoms with E-state index in [2.05, 4.69) is 0 Å². The number of nitrogens with two attached hydrogens (primary N) is 1. The van der Waals surface area contributed by atoms with Crippen LogP contribution in [0.4, 0.5) is 0 Å². The SMILES string of the molecule is COC[C@]1(CN)[C@@H](c2ccc(Cl)cc2)[C@@H]1S(C)(=O)=O. The zero-order valence-corrected chi connectivity index (χ0v) is 12.5. The third-order valence-corrected chi connectivity index (χ3v) is 5.78. The second-order valence-electron chi connectivity index (χ2n) is 5.15. The maximum Gasteiger partial charge on any atom is 0.151 e. The van der Waals surface area contributed by atoms with Crippen LogP contribution < -0.4 is 5.73 Å². The Labute approximate surface area is 118 Å². The van der Waals surface area contributed by atoms with Crippen molar-refractivity contribution in [3.63, 3.8) is 0 Å². The van der Waals surface area contributed by atoms with Gasteiger partial charge in [-0.15, -0.1) is 0 Å². The first-order chi connectivity index (χ1) is 8.86. The maximum atomic E-state index is 12.0. The fraction of sp³-hybridized carbons (Fsp3) is 0.538. The largest absolute Gasteiger partial charge is 0.384 e. The number of sulfone groups is 1. The van der Waals surface area contributed by atoms with Crippen molar-refractivity contribution in [1.29, 1.82) is 0 Å². The standard InChI is InChI=1S/C13H18ClNO3S/c1-18-8-13(7-15)11(12(13)19(2,16)17)9-3-5-10(14)6-4-9/h3-6,11-12H,7-8,15H2,1-2H3/t11-,12-,13+/m0/s1. The molecular formula is C13H18ClNO3S. The van der Waals surface area contributed by atoms with E-state index in [1.54, 1.807) is 19.2 Å². The van der Waals surface area contributed by atoms with E-state index in [0.29, 0.717) is 11.6 Å². The van der Waals surface area contributed by atoms with Gasteiger partial charge in [-0.05, 0) is 17.7 Å². The molecule has 0 spiro atoms. The van der Waals surface area contributed by atoms with E-state index >= 15 is 0 Å². The molecule has 0 amide bonds. The smallest absolute Gasteiger partial charge is 0.151 e. The van der Waals surface area contributed by atoms with Gasteiger partial charge in [-0.1, -0.05) is 23.7 Å². The van der Waals surface area contributed by atoms with Gasteiger partial charge in [0.05, 0.1) is 11.9 Å². The van der Waals surface area contributed by atoms with Crippen LogP contribution >= 0.6 is 11.6 Å². The summed E-state index contributed by atoms with van der Waals surface area (Å²) in [6, 6.07) is 7.25. The van der Waals surface area contributed by atoms with Gasteiger partial charge in [0.2, 0.25) is 0 Å². The Bertz CT molecular complexity index is 558. The monoisotopic (exact) mass is 303 g/mol. The van der Waals surface area contributed by atoms with E-state index < -0.39 is 20.5 Å². The molecule has 1 saturated carbocycles. The number of hydrogen-bond donors (Lipinski definition) is 1. The number of ether oxygens (including phenoxy) is 1. The molecule has 1 aliphatic rings. The van der Waals surface area contributed by atoms with E-state index in [1.165, 1.54) is 6.26 Å². The van der Waals surface area contributed by atoms with Gasteiger partial charge < -0.3 is 10.5 Å². The van der Waals surface area contributed by atoms with Crippen LogP contribution in [0.25, 0.3) is 0 Å². The molecule has 19 heavy (non-hydrogen) atoms. The summed E-state index contributed by atoms with van der Waals surface area (Å²) in [7, 11) is -1.61. The van der Waals surface area contributed by atoms with E-state index in [0.717, 1.165) is 5.56 Å². The van der Waals surface area contributed by atoms with Crippen LogP contribution in [0.5, 0.6) is 0 Å². The zero-order valence-electron chi connectivity index (χ0n) is 11.0. The average Bonchev–Trinajstić information content (AvgIpc) is 3.00. The Morgan fingerprint density at radius 3 is 2.37 bits per heavy atom. The van der Waals surface area contributed by atoms with Gasteiger partial charge in [-0.25, -0.2) is 8.42 Å². The Balaban J connectivity index is 2.40. The number of hydrogen-bond acceptors (Lipinski definition) is 4. The third kappa shape index (κ3) is 2.52. The first kappa shape index (κ1) is 14.8. The predicted molar refractivity (Wildman–Crippen MR) is 76.2 cm³/mol. The highest BCUT2D eigenvalue weighted by atomic mass is 35.5. The summed E-state index contributed by atoms with van der Waals surface area (Å²) in [4.78, 5) is 0.